The van der Waals surface area contributed by atoms with Gasteiger partial charge < -0.3 is 5.32 Å². The van der Waals surface area contributed by atoms with Crippen molar-refractivity contribution in [1.82, 2.24) is 5.43 Å². The van der Waals surface area contributed by atoms with Gasteiger partial charge in [0.15, 0.2) is 0 Å². The Kier molecular flexibility index (Phi) is 5.79. The molecule has 0 unspecified atom stereocenters. The minimum Gasteiger partial charge on any atom is -0.353 e. The van der Waals surface area contributed by atoms with E-state index >= 15 is 0 Å². The van der Waals surface area contributed by atoms with Crippen LogP contribution in [-0.2, 0) is 0 Å². The normalized spacial score (nSPS) is 10.8. The molecule has 0 bridgehead atoms. The lowest BCUT2D eigenvalue weighted by Gasteiger charge is -2.30. The van der Waals surface area contributed by atoms with Gasteiger partial charge in [-0.2, -0.15) is 0 Å². The van der Waals surface area contributed by atoms with Crippen molar-refractivity contribution in [3.05, 3.63) is 121 Å². The Morgan fingerprint density at radius 2 is 1.30 bits per heavy atom. The fourth-order valence-corrected chi connectivity index (χ4v) is 4.38. The molecule has 33 heavy (non-hydrogen) atoms. The predicted octanol–water partition coefficient (Wildman–Crippen LogP) is 7.83. The van der Waals surface area contributed by atoms with Crippen LogP contribution in [0, 0.1) is 6.92 Å². The number of hydrogen-bond acceptors (Lipinski definition) is 3. The quantitative estimate of drug-likeness (QED) is 0.269. The van der Waals surface area contributed by atoms with Crippen molar-refractivity contribution >= 4 is 33.5 Å². The molecular formula is C30H27N3. The van der Waals surface area contributed by atoms with Gasteiger partial charge in [0, 0.05) is 23.7 Å². The first-order valence-corrected chi connectivity index (χ1v) is 11.2. The van der Waals surface area contributed by atoms with Gasteiger partial charge in [-0.05, 0) is 41.6 Å². The average Bonchev–Trinajstić information content (AvgIpc) is 2.87. The van der Waals surface area contributed by atoms with Gasteiger partial charge >= 0.3 is 0 Å². The standard InChI is InChI=1S/C30H27N3/c1-22-20-21-27(24-12-5-3-6-13-24)29(30(22)33(31-2)25-16-7-4-8-17-25)32-28-19-11-15-23-14-9-10-18-26(23)28/h3-21,31-32H,1-2H3. The highest BCUT2D eigenvalue weighted by atomic mass is 15.5. The molecule has 2 N–H and O–H groups in total. The van der Waals surface area contributed by atoms with Gasteiger partial charge in [0.25, 0.3) is 0 Å². The van der Waals surface area contributed by atoms with Gasteiger partial charge in [0.2, 0.25) is 0 Å². The van der Waals surface area contributed by atoms with E-state index in [1.807, 2.05) is 13.1 Å². The molecule has 162 valence electrons. The summed E-state index contributed by atoms with van der Waals surface area (Å²) in [7, 11) is 1.96. The van der Waals surface area contributed by atoms with E-state index in [2.05, 4.69) is 132 Å². The maximum absolute atomic E-state index is 3.83. The third kappa shape index (κ3) is 4.07. The lowest BCUT2D eigenvalue weighted by atomic mass is 9.98. The lowest BCUT2D eigenvalue weighted by molar-refractivity contribution is 0.832. The molecule has 3 heteroatoms. The zero-order chi connectivity index (χ0) is 22.6. The van der Waals surface area contributed by atoms with Crippen LogP contribution in [0.4, 0.5) is 22.7 Å². The van der Waals surface area contributed by atoms with E-state index in [0.29, 0.717) is 0 Å². The Bertz CT molecular complexity index is 1370. The van der Waals surface area contributed by atoms with Gasteiger partial charge in [-0.1, -0.05) is 97.1 Å². The molecule has 0 aromatic heterocycles. The highest BCUT2D eigenvalue weighted by Gasteiger charge is 2.20. The number of hydrogen-bond donors (Lipinski definition) is 2. The average molecular weight is 430 g/mol. The molecule has 3 nitrogen and oxygen atoms in total. The Balaban J connectivity index is 1.76. The van der Waals surface area contributed by atoms with Crippen molar-refractivity contribution in [2.75, 3.05) is 17.4 Å². The molecule has 0 fully saturated rings. The van der Waals surface area contributed by atoms with Gasteiger partial charge in [-0.25, -0.2) is 5.43 Å². The summed E-state index contributed by atoms with van der Waals surface area (Å²) >= 11 is 0. The van der Waals surface area contributed by atoms with Crippen molar-refractivity contribution in [3.8, 4) is 11.1 Å². The van der Waals surface area contributed by atoms with Crippen LogP contribution in [0.2, 0.25) is 0 Å². The molecular weight excluding hydrogens is 402 g/mol. The Labute approximate surface area is 195 Å². The van der Waals surface area contributed by atoms with E-state index in [4.69, 9.17) is 0 Å². The van der Waals surface area contributed by atoms with Crippen LogP contribution >= 0.6 is 0 Å². The third-order valence-electron chi connectivity index (χ3n) is 5.98. The van der Waals surface area contributed by atoms with Crippen molar-refractivity contribution in [1.29, 1.82) is 0 Å². The molecule has 0 heterocycles. The van der Waals surface area contributed by atoms with Gasteiger partial charge in [-0.3, -0.25) is 5.01 Å². The molecule has 0 aliphatic heterocycles. The first-order chi connectivity index (χ1) is 16.3. The summed E-state index contributed by atoms with van der Waals surface area (Å²) in [6.07, 6.45) is 0. The number of nitrogens with zero attached hydrogens (tertiary/aromatic N) is 1. The smallest absolute Gasteiger partial charge is 0.0848 e. The van der Waals surface area contributed by atoms with E-state index < -0.39 is 0 Å². The third-order valence-corrected chi connectivity index (χ3v) is 5.98. The zero-order valence-corrected chi connectivity index (χ0v) is 18.9. The van der Waals surface area contributed by atoms with Crippen LogP contribution in [0.25, 0.3) is 21.9 Å². The van der Waals surface area contributed by atoms with E-state index in [0.717, 1.165) is 28.3 Å². The van der Waals surface area contributed by atoms with Crippen LogP contribution in [0.5, 0.6) is 0 Å². The molecule has 0 radical (unpaired) electrons. The molecule has 0 atom stereocenters. The van der Waals surface area contributed by atoms with Gasteiger partial charge in [0.05, 0.1) is 17.1 Å². The van der Waals surface area contributed by atoms with Crippen LogP contribution in [0.1, 0.15) is 5.56 Å². The molecule has 5 aromatic carbocycles. The highest BCUT2D eigenvalue weighted by Crippen LogP contribution is 2.43. The summed E-state index contributed by atoms with van der Waals surface area (Å²) in [5, 5.41) is 8.39. The monoisotopic (exact) mass is 429 g/mol. The molecule has 5 aromatic rings. The van der Waals surface area contributed by atoms with Crippen LogP contribution in [0.3, 0.4) is 0 Å². The molecule has 0 spiro atoms. The Morgan fingerprint density at radius 1 is 0.636 bits per heavy atom. The molecule has 0 aliphatic rings. The SMILES string of the molecule is CNN(c1ccccc1)c1c(C)ccc(-c2ccccc2)c1Nc1cccc2ccccc12. The van der Waals surface area contributed by atoms with E-state index in [1.54, 1.807) is 0 Å². The Hall–Kier alpha value is -4.08. The van der Waals surface area contributed by atoms with Gasteiger partial charge in [0.1, 0.15) is 0 Å². The van der Waals surface area contributed by atoms with Gasteiger partial charge in [-0.15, -0.1) is 0 Å². The fourth-order valence-electron chi connectivity index (χ4n) is 4.38. The summed E-state index contributed by atoms with van der Waals surface area (Å²) in [6, 6.07) is 40.3. The van der Waals surface area contributed by atoms with E-state index in [-0.39, 0.29) is 0 Å². The van der Waals surface area contributed by atoms with E-state index in [9.17, 15) is 0 Å². The summed E-state index contributed by atoms with van der Waals surface area (Å²) in [5.41, 5.74) is 11.2. The number of nitrogens with one attached hydrogen (secondary N) is 2. The Morgan fingerprint density at radius 3 is 2.06 bits per heavy atom. The minimum absolute atomic E-state index is 1.07. The second kappa shape index (κ2) is 9.19. The number of hydrazine groups is 1. The molecule has 0 saturated carbocycles. The van der Waals surface area contributed by atoms with Crippen molar-refractivity contribution in [3.63, 3.8) is 0 Å². The number of para-hydroxylation sites is 1. The largest absolute Gasteiger partial charge is 0.353 e. The molecule has 0 amide bonds. The lowest BCUT2D eigenvalue weighted by Crippen LogP contribution is -2.31. The number of aryl methyl sites for hydroxylation is 1. The second-order valence-electron chi connectivity index (χ2n) is 8.07. The van der Waals surface area contributed by atoms with Crippen LogP contribution < -0.4 is 15.8 Å². The van der Waals surface area contributed by atoms with Crippen molar-refractivity contribution in [2.45, 2.75) is 6.92 Å². The summed E-state index contributed by atoms with van der Waals surface area (Å²) in [6.45, 7) is 2.16. The maximum Gasteiger partial charge on any atom is 0.0848 e. The number of rotatable bonds is 6. The van der Waals surface area contributed by atoms with Crippen LogP contribution in [0.15, 0.2) is 115 Å². The first-order valence-electron chi connectivity index (χ1n) is 11.2. The molecule has 0 saturated heterocycles. The molecule has 5 rings (SSSR count). The highest BCUT2D eigenvalue weighted by molar-refractivity contribution is 6.00. The number of fused-ring (bicyclic) bond motifs is 1. The zero-order valence-electron chi connectivity index (χ0n) is 18.9. The van der Waals surface area contributed by atoms with Crippen LogP contribution in [-0.4, -0.2) is 7.05 Å². The number of benzene rings is 5. The summed E-state index contributed by atoms with van der Waals surface area (Å²) in [4.78, 5) is 0. The predicted molar refractivity (Wildman–Crippen MR) is 141 cm³/mol. The maximum atomic E-state index is 3.83. The summed E-state index contributed by atoms with van der Waals surface area (Å²) in [5.74, 6) is 0. The first kappa shape index (κ1) is 20.8. The molecule has 0 aliphatic carbocycles. The van der Waals surface area contributed by atoms with Crippen molar-refractivity contribution < 1.29 is 0 Å². The topological polar surface area (TPSA) is 27.3 Å². The van der Waals surface area contributed by atoms with E-state index in [1.165, 1.54) is 21.9 Å². The second-order valence-corrected chi connectivity index (χ2v) is 8.07. The number of anilines is 4. The summed E-state index contributed by atoms with van der Waals surface area (Å²) < 4.78 is 0. The van der Waals surface area contributed by atoms with Crippen molar-refractivity contribution in [2.24, 2.45) is 0 Å². The fraction of sp³-hybridized carbons (Fsp3) is 0.0667. The minimum atomic E-state index is 1.07.